The van der Waals surface area contributed by atoms with Crippen molar-refractivity contribution in [1.82, 2.24) is 4.98 Å². The Bertz CT molecular complexity index is 610. The van der Waals surface area contributed by atoms with Crippen molar-refractivity contribution < 1.29 is 19.7 Å². The van der Waals surface area contributed by atoms with E-state index >= 15 is 0 Å². The minimum Gasteiger partial charge on any atom is -0.480 e. The number of methoxy groups -OCH3 is 1. The highest BCUT2D eigenvalue weighted by Gasteiger charge is 2.13. The molecule has 1 aromatic heterocycles. The first-order valence-corrected chi connectivity index (χ1v) is 5.63. The van der Waals surface area contributed by atoms with Crippen LogP contribution in [-0.4, -0.2) is 28.3 Å². The minimum absolute atomic E-state index is 0.00871. The van der Waals surface area contributed by atoms with Gasteiger partial charge < -0.3 is 14.9 Å². The summed E-state index contributed by atoms with van der Waals surface area (Å²) in [7, 11) is 1.38. The molecule has 0 fully saturated rings. The summed E-state index contributed by atoms with van der Waals surface area (Å²) in [5.74, 6) is -1.01. The molecule has 0 aliphatic rings. The Morgan fingerprint density at radius 1 is 1.32 bits per heavy atom. The van der Waals surface area contributed by atoms with Gasteiger partial charge in [0.2, 0.25) is 5.88 Å². The van der Waals surface area contributed by atoms with E-state index in [4.69, 9.17) is 14.9 Å². The van der Waals surface area contributed by atoms with E-state index < -0.39 is 5.97 Å². The SMILES string of the molecule is COc1ncc(-c2cccc(CO)c2)cc1C(=O)O. The van der Waals surface area contributed by atoms with Gasteiger partial charge in [0.1, 0.15) is 5.56 Å². The standard InChI is InChI=1S/C14H13NO4/c1-19-13-12(14(17)18)6-11(7-15-13)10-4-2-3-9(5-10)8-16/h2-7,16H,8H2,1H3,(H,17,18). The lowest BCUT2D eigenvalue weighted by atomic mass is 10.0. The third kappa shape index (κ3) is 2.71. The maximum Gasteiger partial charge on any atom is 0.341 e. The first kappa shape index (κ1) is 13.0. The fraction of sp³-hybridized carbons (Fsp3) is 0.143. The third-order valence-electron chi connectivity index (χ3n) is 2.72. The smallest absolute Gasteiger partial charge is 0.341 e. The second-order valence-electron chi connectivity index (χ2n) is 3.94. The average molecular weight is 259 g/mol. The number of carbonyl (C=O) groups is 1. The highest BCUT2D eigenvalue weighted by atomic mass is 16.5. The highest BCUT2D eigenvalue weighted by molar-refractivity contribution is 5.91. The highest BCUT2D eigenvalue weighted by Crippen LogP contribution is 2.25. The maximum absolute atomic E-state index is 11.1. The van der Waals surface area contributed by atoms with Gasteiger partial charge in [0.25, 0.3) is 0 Å². The Labute approximate surface area is 110 Å². The maximum atomic E-state index is 11.1. The van der Waals surface area contributed by atoms with Crippen LogP contribution < -0.4 is 4.74 Å². The predicted octanol–water partition coefficient (Wildman–Crippen LogP) is 1.95. The van der Waals surface area contributed by atoms with Crippen LogP contribution in [0.1, 0.15) is 15.9 Å². The summed E-state index contributed by atoms with van der Waals surface area (Å²) in [5, 5.41) is 18.2. The van der Waals surface area contributed by atoms with Crippen molar-refractivity contribution in [3.63, 3.8) is 0 Å². The number of ether oxygens (including phenoxy) is 1. The van der Waals surface area contributed by atoms with Crippen LogP contribution in [-0.2, 0) is 6.61 Å². The van der Waals surface area contributed by atoms with Crippen LogP contribution in [0.2, 0.25) is 0 Å². The molecule has 0 atom stereocenters. The number of nitrogens with zero attached hydrogens (tertiary/aromatic N) is 1. The van der Waals surface area contributed by atoms with Gasteiger partial charge in [-0.3, -0.25) is 0 Å². The van der Waals surface area contributed by atoms with Gasteiger partial charge >= 0.3 is 5.97 Å². The molecular formula is C14H13NO4. The summed E-state index contributed by atoms with van der Waals surface area (Å²) < 4.78 is 4.91. The van der Waals surface area contributed by atoms with E-state index in [1.54, 1.807) is 24.4 Å². The van der Waals surface area contributed by atoms with Crippen LogP contribution in [0.15, 0.2) is 36.5 Å². The van der Waals surface area contributed by atoms with Gasteiger partial charge in [-0.25, -0.2) is 9.78 Å². The van der Waals surface area contributed by atoms with E-state index in [9.17, 15) is 4.79 Å². The van der Waals surface area contributed by atoms with Gasteiger partial charge in [0.05, 0.1) is 13.7 Å². The number of hydrogen-bond donors (Lipinski definition) is 2. The molecule has 0 bridgehead atoms. The summed E-state index contributed by atoms with van der Waals surface area (Å²) in [6.45, 7) is -0.0663. The molecule has 1 heterocycles. The van der Waals surface area contributed by atoms with E-state index in [0.29, 0.717) is 5.56 Å². The van der Waals surface area contributed by atoms with E-state index in [-0.39, 0.29) is 18.1 Å². The van der Waals surface area contributed by atoms with Crippen LogP contribution >= 0.6 is 0 Å². The zero-order valence-electron chi connectivity index (χ0n) is 10.3. The van der Waals surface area contributed by atoms with Crippen molar-refractivity contribution in [2.45, 2.75) is 6.61 Å². The first-order valence-electron chi connectivity index (χ1n) is 5.63. The van der Waals surface area contributed by atoms with Crippen LogP contribution in [0.5, 0.6) is 5.88 Å². The van der Waals surface area contributed by atoms with E-state index in [2.05, 4.69) is 4.98 Å². The quantitative estimate of drug-likeness (QED) is 0.877. The summed E-state index contributed by atoms with van der Waals surface area (Å²) >= 11 is 0. The molecule has 1 aromatic carbocycles. The van der Waals surface area contributed by atoms with E-state index in [1.807, 2.05) is 6.07 Å². The zero-order chi connectivity index (χ0) is 13.8. The molecule has 0 aliphatic heterocycles. The topological polar surface area (TPSA) is 79.7 Å². The normalized spacial score (nSPS) is 10.2. The number of aliphatic hydroxyl groups excluding tert-OH is 1. The average Bonchev–Trinajstić information content (AvgIpc) is 2.46. The molecule has 5 nitrogen and oxygen atoms in total. The fourth-order valence-corrected chi connectivity index (χ4v) is 1.78. The lowest BCUT2D eigenvalue weighted by Gasteiger charge is -2.07. The molecule has 0 amide bonds. The molecule has 0 unspecified atom stereocenters. The first-order chi connectivity index (χ1) is 9.15. The van der Waals surface area contributed by atoms with Crippen molar-refractivity contribution in [3.05, 3.63) is 47.7 Å². The number of hydrogen-bond acceptors (Lipinski definition) is 4. The van der Waals surface area contributed by atoms with Gasteiger partial charge in [-0.15, -0.1) is 0 Å². The molecule has 2 aromatic rings. The van der Waals surface area contributed by atoms with Crippen LogP contribution in [0, 0.1) is 0 Å². The number of aliphatic hydroxyl groups is 1. The van der Waals surface area contributed by atoms with Crippen molar-refractivity contribution in [1.29, 1.82) is 0 Å². The summed E-state index contributed by atoms with van der Waals surface area (Å²) in [6, 6.07) is 8.71. The minimum atomic E-state index is -1.09. The Morgan fingerprint density at radius 2 is 2.11 bits per heavy atom. The number of aromatic nitrogens is 1. The predicted molar refractivity (Wildman–Crippen MR) is 69.1 cm³/mol. The molecule has 0 saturated heterocycles. The van der Waals surface area contributed by atoms with Gasteiger partial charge in [0, 0.05) is 11.8 Å². The molecule has 98 valence electrons. The van der Waals surface area contributed by atoms with Crippen molar-refractivity contribution in [2.75, 3.05) is 7.11 Å². The van der Waals surface area contributed by atoms with Gasteiger partial charge in [-0.1, -0.05) is 18.2 Å². The van der Waals surface area contributed by atoms with Crippen LogP contribution in [0.25, 0.3) is 11.1 Å². The second kappa shape index (κ2) is 5.49. The number of carboxylic acids is 1. The third-order valence-corrected chi connectivity index (χ3v) is 2.72. The number of carboxylic acid groups (broad SMARTS) is 1. The Hall–Kier alpha value is -2.40. The number of benzene rings is 1. The van der Waals surface area contributed by atoms with Crippen molar-refractivity contribution in [3.8, 4) is 17.0 Å². The van der Waals surface area contributed by atoms with Gasteiger partial charge in [-0.05, 0) is 23.3 Å². The van der Waals surface area contributed by atoms with Crippen LogP contribution in [0.3, 0.4) is 0 Å². The number of rotatable bonds is 4. The monoisotopic (exact) mass is 259 g/mol. The Kier molecular flexibility index (Phi) is 3.77. The van der Waals surface area contributed by atoms with Gasteiger partial charge in [0.15, 0.2) is 0 Å². The van der Waals surface area contributed by atoms with E-state index in [0.717, 1.165) is 11.1 Å². The fourth-order valence-electron chi connectivity index (χ4n) is 1.78. The number of pyridine rings is 1. The lowest BCUT2D eigenvalue weighted by molar-refractivity contribution is 0.0692. The van der Waals surface area contributed by atoms with E-state index in [1.165, 1.54) is 13.2 Å². The molecule has 0 aliphatic carbocycles. The molecule has 5 heteroatoms. The van der Waals surface area contributed by atoms with Crippen LogP contribution in [0.4, 0.5) is 0 Å². The largest absolute Gasteiger partial charge is 0.480 e. The van der Waals surface area contributed by atoms with Crippen molar-refractivity contribution >= 4 is 5.97 Å². The second-order valence-corrected chi connectivity index (χ2v) is 3.94. The summed E-state index contributed by atoms with van der Waals surface area (Å²) in [4.78, 5) is 15.1. The Balaban J connectivity index is 2.50. The number of aromatic carboxylic acids is 1. The molecule has 0 spiro atoms. The molecule has 0 radical (unpaired) electrons. The molecular weight excluding hydrogens is 246 g/mol. The van der Waals surface area contributed by atoms with Crippen molar-refractivity contribution in [2.24, 2.45) is 0 Å². The summed E-state index contributed by atoms with van der Waals surface area (Å²) in [5.41, 5.74) is 2.22. The Morgan fingerprint density at radius 3 is 2.74 bits per heavy atom. The molecule has 19 heavy (non-hydrogen) atoms. The van der Waals surface area contributed by atoms with Gasteiger partial charge in [-0.2, -0.15) is 0 Å². The lowest BCUT2D eigenvalue weighted by Crippen LogP contribution is -2.02. The molecule has 2 N–H and O–H groups in total. The molecule has 2 rings (SSSR count). The summed E-state index contributed by atoms with van der Waals surface area (Å²) in [6.07, 6.45) is 1.54. The zero-order valence-corrected chi connectivity index (χ0v) is 10.3. The molecule has 0 saturated carbocycles.